The fraction of sp³-hybridized carbons (Fsp3) is 0.333. The minimum Gasteiger partial charge on any atom is -0.338 e. The topological polar surface area (TPSA) is 81.2 Å². The second-order valence-electron chi connectivity index (χ2n) is 4.84. The van der Waals surface area contributed by atoms with Crippen LogP contribution in [0, 0.1) is 13.8 Å². The number of carbonyl (C=O) groups excluding carboxylic acids is 1. The fourth-order valence-corrected chi connectivity index (χ4v) is 1.83. The van der Waals surface area contributed by atoms with Gasteiger partial charge in [0.15, 0.2) is 0 Å². The summed E-state index contributed by atoms with van der Waals surface area (Å²) in [6.07, 6.45) is 1.35. The number of hydrogen-bond acceptors (Lipinski definition) is 4. The monoisotopic (exact) mass is 273 g/mol. The van der Waals surface area contributed by atoms with E-state index < -0.39 is 6.04 Å². The molecule has 1 atom stereocenters. The van der Waals surface area contributed by atoms with Gasteiger partial charge in [0.25, 0.3) is 0 Å². The lowest BCUT2D eigenvalue weighted by molar-refractivity contribution is -0.117. The van der Waals surface area contributed by atoms with Crippen molar-refractivity contribution in [3.8, 4) is 0 Å². The van der Waals surface area contributed by atoms with E-state index in [9.17, 15) is 4.79 Å². The number of aryl methyl sites for hydroxylation is 2. The molecule has 0 aliphatic rings. The van der Waals surface area contributed by atoms with Gasteiger partial charge in [0.1, 0.15) is 0 Å². The number of anilines is 1. The molecule has 106 valence electrons. The molecule has 5 heteroatoms. The van der Waals surface area contributed by atoms with Crippen molar-refractivity contribution in [3.05, 3.63) is 47.2 Å². The van der Waals surface area contributed by atoms with Crippen LogP contribution in [0.2, 0.25) is 0 Å². The molecule has 2 aromatic rings. The maximum Gasteiger partial charge on any atom is 0.243 e. The van der Waals surface area contributed by atoms with Crippen molar-refractivity contribution in [3.63, 3.8) is 0 Å². The van der Waals surface area contributed by atoms with Crippen molar-refractivity contribution < 1.29 is 9.32 Å². The molecule has 0 spiro atoms. The number of nitrogens with two attached hydrogens (primary N) is 1. The summed E-state index contributed by atoms with van der Waals surface area (Å²) in [5.74, 6) is 0.128. The fourth-order valence-electron chi connectivity index (χ4n) is 1.83. The molecule has 20 heavy (non-hydrogen) atoms. The molecular formula is C15H19N3O2. The van der Waals surface area contributed by atoms with Crippen molar-refractivity contribution in [1.82, 2.24) is 5.16 Å². The first-order chi connectivity index (χ1) is 9.58. The van der Waals surface area contributed by atoms with Crippen LogP contribution in [-0.4, -0.2) is 17.1 Å². The molecule has 2 rings (SSSR count). The lowest BCUT2D eigenvalue weighted by Crippen LogP contribution is -2.36. The number of carbonyl (C=O) groups is 1. The van der Waals surface area contributed by atoms with Gasteiger partial charge in [0, 0.05) is 5.56 Å². The lowest BCUT2D eigenvalue weighted by atomic mass is 10.1. The highest BCUT2D eigenvalue weighted by atomic mass is 16.5. The van der Waals surface area contributed by atoms with E-state index in [1.807, 2.05) is 44.2 Å². The second-order valence-corrected chi connectivity index (χ2v) is 4.84. The number of aromatic nitrogens is 1. The zero-order valence-corrected chi connectivity index (χ0v) is 11.7. The minimum absolute atomic E-state index is 0.250. The Morgan fingerprint density at radius 1 is 1.35 bits per heavy atom. The van der Waals surface area contributed by atoms with Crippen molar-refractivity contribution >= 4 is 11.8 Å². The van der Waals surface area contributed by atoms with E-state index in [1.54, 1.807) is 0 Å². The van der Waals surface area contributed by atoms with Crippen LogP contribution < -0.4 is 11.1 Å². The third kappa shape index (κ3) is 3.45. The zero-order valence-electron chi connectivity index (χ0n) is 11.7. The molecule has 0 aliphatic heterocycles. The summed E-state index contributed by atoms with van der Waals surface area (Å²) in [5, 5.41) is 6.47. The first kappa shape index (κ1) is 14.3. The molecule has 0 bridgehead atoms. The van der Waals surface area contributed by atoms with Crippen LogP contribution in [0.15, 0.2) is 34.9 Å². The van der Waals surface area contributed by atoms with Gasteiger partial charge in [0.05, 0.1) is 11.7 Å². The molecular weight excluding hydrogens is 254 g/mol. The Morgan fingerprint density at radius 3 is 2.65 bits per heavy atom. The third-order valence-electron chi connectivity index (χ3n) is 3.32. The van der Waals surface area contributed by atoms with Gasteiger partial charge in [0.2, 0.25) is 11.8 Å². The van der Waals surface area contributed by atoms with Crippen LogP contribution in [0.3, 0.4) is 0 Å². The normalized spacial score (nSPS) is 12.2. The zero-order chi connectivity index (χ0) is 14.5. The molecule has 0 aliphatic carbocycles. The molecule has 3 N–H and O–H groups in total. The summed E-state index contributed by atoms with van der Waals surface area (Å²) in [6.45, 7) is 3.67. The Morgan fingerprint density at radius 2 is 2.05 bits per heavy atom. The predicted molar refractivity (Wildman–Crippen MR) is 77.3 cm³/mol. The Balaban J connectivity index is 1.88. The van der Waals surface area contributed by atoms with E-state index in [0.29, 0.717) is 12.3 Å². The molecule has 0 saturated carbocycles. The molecule has 1 unspecified atom stereocenters. The van der Waals surface area contributed by atoms with Gasteiger partial charge in [-0.2, -0.15) is 0 Å². The van der Waals surface area contributed by atoms with E-state index in [1.165, 1.54) is 5.56 Å². The second kappa shape index (κ2) is 6.34. The summed E-state index contributed by atoms with van der Waals surface area (Å²) in [5.41, 5.74) is 8.65. The van der Waals surface area contributed by atoms with E-state index in [0.717, 1.165) is 17.7 Å². The molecule has 1 aromatic carbocycles. The molecule has 0 fully saturated rings. The van der Waals surface area contributed by atoms with Crippen LogP contribution in [0.1, 0.15) is 23.2 Å². The molecule has 1 heterocycles. The quantitative estimate of drug-likeness (QED) is 0.875. The Labute approximate surface area is 118 Å². The smallest absolute Gasteiger partial charge is 0.243 e. The van der Waals surface area contributed by atoms with Gasteiger partial charge in [-0.25, -0.2) is 0 Å². The Kier molecular flexibility index (Phi) is 4.53. The number of benzene rings is 1. The first-order valence-corrected chi connectivity index (χ1v) is 6.61. The van der Waals surface area contributed by atoms with Gasteiger partial charge in [-0.05, 0) is 32.3 Å². The summed E-state index contributed by atoms with van der Waals surface area (Å²) in [6, 6.07) is 9.39. The third-order valence-corrected chi connectivity index (χ3v) is 3.32. The van der Waals surface area contributed by atoms with Gasteiger partial charge in [-0.15, -0.1) is 0 Å². The highest BCUT2D eigenvalue weighted by Gasteiger charge is 2.17. The highest BCUT2D eigenvalue weighted by Crippen LogP contribution is 2.17. The Bertz CT molecular complexity index is 578. The molecule has 1 amide bonds. The number of nitrogens with one attached hydrogen (secondary N) is 1. The maximum absolute atomic E-state index is 12.0. The van der Waals surface area contributed by atoms with Gasteiger partial charge >= 0.3 is 0 Å². The van der Waals surface area contributed by atoms with Crippen LogP contribution in [-0.2, 0) is 11.2 Å². The van der Waals surface area contributed by atoms with Gasteiger partial charge < -0.3 is 10.3 Å². The molecule has 0 saturated heterocycles. The van der Waals surface area contributed by atoms with Gasteiger partial charge in [-0.1, -0.05) is 35.5 Å². The lowest BCUT2D eigenvalue weighted by Gasteiger charge is -2.10. The number of nitrogens with zero attached hydrogens (tertiary/aromatic N) is 1. The maximum atomic E-state index is 12.0. The largest absolute Gasteiger partial charge is 0.338 e. The van der Waals surface area contributed by atoms with E-state index in [4.69, 9.17) is 10.3 Å². The predicted octanol–water partition coefficient (Wildman–Crippen LogP) is 2.19. The van der Waals surface area contributed by atoms with Crippen molar-refractivity contribution in [2.24, 2.45) is 5.73 Å². The number of hydrogen-bond donors (Lipinski definition) is 2. The summed E-state index contributed by atoms with van der Waals surface area (Å²) < 4.78 is 5.04. The first-order valence-electron chi connectivity index (χ1n) is 6.61. The van der Waals surface area contributed by atoms with Crippen molar-refractivity contribution in [2.75, 3.05) is 5.32 Å². The van der Waals surface area contributed by atoms with Gasteiger partial charge in [-0.3, -0.25) is 10.1 Å². The van der Waals surface area contributed by atoms with Crippen LogP contribution >= 0.6 is 0 Å². The SMILES string of the molecule is Cc1noc(NC(=O)C(N)CCc2ccccc2)c1C. The van der Waals surface area contributed by atoms with E-state index in [-0.39, 0.29) is 5.91 Å². The number of amides is 1. The van der Waals surface area contributed by atoms with Crippen molar-refractivity contribution in [2.45, 2.75) is 32.7 Å². The van der Waals surface area contributed by atoms with E-state index >= 15 is 0 Å². The summed E-state index contributed by atoms with van der Waals surface area (Å²) >= 11 is 0. The minimum atomic E-state index is -0.569. The van der Waals surface area contributed by atoms with E-state index in [2.05, 4.69) is 10.5 Å². The van der Waals surface area contributed by atoms with Crippen LogP contribution in [0.5, 0.6) is 0 Å². The molecule has 1 aromatic heterocycles. The summed E-state index contributed by atoms with van der Waals surface area (Å²) in [4.78, 5) is 12.0. The average Bonchev–Trinajstić information content (AvgIpc) is 2.78. The van der Waals surface area contributed by atoms with Crippen LogP contribution in [0.25, 0.3) is 0 Å². The number of rotatable bonds is 5. The summed E-state index contributed by atoms with van der Waals surface area (Å²) in [7, 11) is 0. The molecule has 0 radical (unpaired) electrons. The van der Waals surface area contributed by atoms with Crippen LogP contribution in [0.4, 0.5) is 5.88 Å². The standard InChI is InChI=1S/C15H19N3O2/c1-10-11(2)18-20-15(10)17-14(19)13(16)9-8-12-6-4-3-5-7-12/h3-7,13H,8-9,16H2,1-2H3,(H,17,19). The Hall–Kier alpha value is -2.14. The highest BCUT2D eigenvalue weighted by molar-refractivity contribution is 5.94. The molecule has 5 nitrogen and oxygen atoms in total. The average molecular weight is 273 g/mol. The van der Waals surface area contributed by atoms with Crippen molar-refractivity contribution in [1.29, 1.82) is 0 Å².